The minimum Gasteiger partial charge on any atom is -0.417 e. The fourth-order valence-electron chi connectivity index (χ4n) is 5.38. The number of nitrogens with zero attached hydrogens (tertiary/aromatic N) is 6. The van der Waals surface area contributed by atoms with Crippen LogP contribution in [0, 0.1) is 6.92 Å². The van der Waals surface area contributed by atoms with Crippen LogP contribution in [0.5, 0.6) is 0 Å². The average molecular weight is 594 g/mol. The largest absolute Gasteiger partial charge is 0.417 e. The fraction of sp³-hybridized carbons (Fsp3) is 0.393. The Kier molecular flexibility index (Phi) is 7.12. The molecule has 2 aliphatic rings. The molecule has 6 rings (SSSR count). The van der Waals surface area contributed by atoms with E-state index in [4.69, 9.17) is 10.2 Å². The molecule has 11 nitrogen and oxygen atoms in total. The first kappa shape index (κ1) is 27.5. The number of amides is 1. The van der Waals surface area contributed by atoms with Crippen LogP contribution >= 0.6 is 11.3 Å². The molecule has 0 aliphatic carbocycles. The Balaban J connectivity index is 1.37. The van der Waals surface area contributed by atoms with Crippen molar-refractivity contribution < 1.29 is 17.6 Å². The molecule has 13 heteroatoms. The van der Waals surface area contributed by atoms with E-state index in [2.05, 4.69) is 20.2 Å². The minimum absolute atomic E-state index is 0.0233. The van der Waals surface area contributed by atoms with Gasteiger partial charge in [-0.15, -0.1) is 21.5 Å². The van der Waals surface area contributed by atoms with Gasteiger partial charge in [-0.1, -0.05) is 30.3 Å². The number of anilines is 1. The Labute approximate surface area is 242 Å². The van der Waals surface area contributed by atoms with Gasteiger partial charge < -0.3 is 15.1 Å². The van der Waals surface area contributed by atoms with Gasteiger partial charge in [-0.3, -0.25) is 9.10 Å². The number of likely N-dealkylation sites (tertiary alicyclic amines) is 1. The number of thiazole rings is 1. The predicted octanol–water partition coefficient (Wildman–Crippen LogP) is 3.83. The molecule has 2 N–H and O–H groups in total. The Morgan fingerprint density at radius 1 is 1.15 bits per heavy atom. The van der Waals surface area contributed by atoms with E-state index in [0.717, 1.165) is 29.1 Å². The van der Waals surface area contributed by atoms with Crippen molar-refractivity contribution in [2.75, 3.05) is 23.1 Å². The normalized spacial score (nSPS) is 19.9. The van der Waals surface area contributed by atoms with Crippen molar-refractivity contribution in [3.8, 4) is 11.6 Å². The van der Waals surface area contributed by atoms with Crippen LogP contribution in [0.2, 0.25) is 0 Å². The number of hydrogen-bond donors (Lipinski definition) is 1. The molecule has 2 fully saturated rings. The highest BCUT2D eigenvalue weighted by molar-refractivity contribution is 7.93. The number of nitrogens with two attached hydrogens (primary N) is 1. The number of pyridine rings is 1. The predicted molar refractivity (Wildman–Crippen MR) is 155 cm³/mol. The van der Waals surface area contributed by atoms with Crippen molar-refractivity contribution in [1.29, 1.82) is 0 Å². The minimum atomic E-state index is -3.55. The summed E-state index contributed by atoms with van der Waals surface area (Å²) in [5.74, 6) is 0.225. The molecule has 1 aromatic carbocycles. The first-order valence-corrected chi connectivity index (χ1v) is 16.0. The number of rotatable bonds is 7. The van der Waals surface area contributed by atoms with E-state index >= 15 is 0 Å². The number of carbonyl (C=O) groups excluding carboxylic acids is 1. The van der Waals surface area contributed by atoms with Crippen LogP contribution < -0.4 is 10.0 Å². The quantitative estimate of drug-likeness (QED) is 0.337. The zero-order chi connectivity index (χ0) is 28.8. The van der Waals surface area contributed by atoms with Crippen molar-refractivity contribution in [3.05, 3.63) is 75.6 Å². The molecule has 41 heavy (non-hydrogen) atoms. The average Bonchev–Trinajstić information content (AvgIpc) is 3.75. The lowest BCUT2D eigenvalue weighted by atomic mass is 9.94. The van der Waals surface area contributed by atoms with Gasteiger partial charge in [-0.2, -0.15) is 0 Å². The van der Waals surface area contributed by atoms with Gasteiger partial charge in [0.25, 0.3) is 11.8 Å². The van der Waals surface area contributed by atoms with Gasteiger partial charge in [0.05, 0.1) is 17.3 Å². The molecule has 0 unspecified atom stereocenters. The highest BCUT2D eigenvalue weighted by Crippen LogP contribution is 2.36. The Morgan fingerprint density at radius 2 is 1.95 bits per heavy atom. The molecular weight excluding hydrogens is 562 g/mol. The van der Waals surface area contributed by atoms with Crippen molar-refractivity contribution >= 4 is 33.1 Å². The number of benzene rings is 1. The van der Waals surface area contributed by atoms with Gasteiger partial charge in [-0.05, 0) is 57.2 Å². The monoisotopic (exact) mass is 593 g/mol. The van der Waals surface area contributed by atoms with Crippen LogP contribution in [-0.4, -0.2) is 58.2 Å². The summed E-state index contributed by atoms with van der Waals surface area (Å²) in [6.45, 7) is 4.60. The van der Waals surface area contributed by atoms with Crippen molar-refractivity contribution in [2.45, 2.75) is 51.1 Å². The summed E-state index contributed by atoms with van der Waals surface area (Å²) >= 11 is 1.54. The molecule has 0 bridgehead atoms. The molecular formula is C28H31N7O4S2. The lowest BCUT2D eigenvalue weighted by Gasteiger charge is -2.24. The van der Waals surface area contributed by atoms with Crippen molar-refractivity contribution in [3.63, 3.8) is 0 Å². The van der Waals surface area contributed by atoms with Crippen LogP contribution in [0.3, 0.4) is 0 Å². The Hall–Kier alpha value is -3.68. The summed E-state index contributed by atoms with van der Waals surface area (Å²) in [6, 6.07) is 12.7. The van der Waals surface area contributed by atoms with Gasteiger partial charge in [0.2, 0.25) is 15.9 Å². The summed E-state index contributed by atoms with van der Waals surface area (Å²) in [5, 5.41) is 11.3. The van der Waals surface area contributed by atoms with Crippen molar-refractivity contribution in [1.82, 2.24) is 25.1 Å². The van der Waals surface area contributed by atoms with E-state index in [1.54, 1.807) is 29.2 Å². The SMILES string of the molecule is Cc1csc([C@H]2CCCN2C(=O)c2cc(-c3nnc([C@](C)(N)Cc4ccccc4)o3)nc(N3CCCS3(=O)=O)c2)n1. The van der Waals surface area contributed by atoms with E-state index < -0.39 is 15.6 Å². The maximum absolute atomic E-state index is 13.9. The Morgan fingerprint density at radius 3 is 2.66 bits per heavy atom. The lowest BCUT2D eigenvalue weighted by molar-refractivity contribution is 0.0735. The topological polar surface area (TPSA) is 148 Å². The zero-order valence-electron chi connectivity index (χ0n) is 22.9. The third kappa shape index (κ3) is 5.48. The number of aryl methyl sites for hydroxylation is 1. The third-order valence-electron chi connectivity index (χ3n) is 7.40. The molecule has 4 aromatic rings. The van der Waals surface area contributed by atoms with Gasteiger partial charge in [0.1, 0.15) is 16.5 Å². The lowest BCUT2D eigenvalue weighted by Crippen LogP contribution is -2.35. The van der Waals surface area contributed by atoms with E-state index in [9.17, 15) is 13.2 Å². The summed E-state index contributed by atoms with van der Waals surface area (Å²) in [6.07, 6.45) is 2.60. The second kappa shape index (κ2) is 10.6. The summed E-state index contributed by atoms with van der Waals surface area (Å²) in [5.41, 5.74) is 8.07. The number of hydrogen-bond acceptors (Lipinski definition) is 10. The molecule has 2 aliphatic heterocycles. The van der Waals surface area contributed by atoms with Crippen LogP contribution in [0.4, 0.5) is 5.82 Å². The molecule has 5 heterocycles. The van der Waals surface area contributed by atoms with Gasteiger partial charge in [0, 0.05) is 29.7 Å². The highest BCUT2D eigenvalue weighted by atomic mass is 32.2. The summed E-state index contributed by atoms with van der Waals surface area (Å²) in [7, 11) is -3.55. The maximum Gasteiger partial charge on any atom is 0.266 e. The third-order valence-corrected chi connectivity index (χ3v) is 10.3. The smallest absolute Gasteiger partial charge is 0.266 e. The van der Waals surface area contributed by atoms with Crippen LogP contribution in [-0.2, 0) is 22.0 Å². The molecule has 1 amide bonds. The van der Waals surface area contributed by atoms with Crippen LogP contribution in [0.25, 0.3) is 11.6 Å². The summed E-state index contributed by atoms with van der Waals surface area (Å²) < 4.78 is 32.9. The van der Waals surface area contributed by atoms with E-state index in [1.165, 1.54) is 10.4 Å². The molecule has 3 aromatic heterocycles. The van der Waals surface area contributed by atoms with Crippen LogP contribution in [0.1, 0.15) is 64.7 Å². The summed E-state index contributed by atoms with van der Waals surface area (Å²) in [4.78, 5) is 24.9. The second-order valence-corrected chi connectivity index (χ2v) is 13.7. The van der Waals surface area contributed by atoms with E-state index in [0.29, 0.717) is 24.9 Å². The van der Waals surface area contributed by atoms with Crippen LogP contribution in [0.15, 0.2) is 52.3 Å². The van der Waals surface area contributed by atoms with Gasteiger partial charge in [0.15, 0.2) is 0 Å². The number of sulfonamides is 1. The number of carbonyl (C=O) groups is 1. The molecule has 0 radical (unpaired) electrons. The highest BCUT2D eigenvalue weighted by Gasteiger charge is 2.36. The molecule has 2 saturated heterocycles. The van der Waals surface area contributed by atoms with Gasteiger partial charge in [-0.25, -0.2) is 18.4 Å². The standard InChI is InChI=1S/C28H31N7O4S2/c1-18-17-40-25(30-18)22-10-6-11-34(22)26(36)20-14-21(31-23(15-20)35-12-7-13-41(35,37)38)24-32-33-27(39-24)28(2,29)16-19-8-4-3-5-9-19/h3-5,8-9,14-15,17,22H,6-7,10-13,16,29H2,1-2H3/t22-,28-/m1/s1. The molecule has 0 saturated carbocycles. The maximum atomic E-state index is 13.9. The molecule has 0 spiro atoms. The van der Waals surface area contributed by atoms with Crippen molar-refractivity contribution in [2.24, 2.45) is 5.73 Å². The second-order valence-electron chi connectivity index (χ2n) is 10.8. The van der Waals surface area contributed by atoms with Gasteiger partial charge >= 0.3 is 0 Å². The fourth-order valence-corrected chi connectivity index (χ4v) is 7.83. The van der Waals surface area contributed by atoms with E-state index in [-0.39, 0.29) is 47.5 Å². The Bertz CT molecular complexity index is 1680. The molecule has 2 atom stereocenters. The van der Waals surface area contributed by atoms with E-state index in [1.807, 2.05) is 42.6 Å². The first-order chi connectivity index (χ1) is 19.6. The molecule has 214 valence electrons. The number of aromatic nitrogens is 4. The zero-order valence-corrected chi connectivity index (χ0v) is 24.5. The first-order valence-electron chi connectivity index (χ1n) is 13.5.